The van der Waals surface area contributed by atoms with Crippen molar-refractivity contribution in [3.8, 4) is 11.1 Å². The zero-order chi connectivity index (χ0) is 12.3. The fraction of sp³-hybridized carbons (Fsp3) is 0.231. The van der Waals surface area contributed by atoms with E-state index >= 15 is 0 Å². The Bertz CT molecular complexity index is 608. The molecule has 1 heterocycles. The maximum atomic E-state index is 11.6. The molecule has 0 atom stereocenters. The van der Waals surface area contributed by atoms with Crippen LogP contribution in [0.15, 0.2) is 40.1 Å². The van der Waals surface area contributed by atoms with Crippen molar-refractivity contribution in [2.45, 2.75) is 19.8 Å². The van der Waals surface area contributed by atoms with Crippen molar-refractivity contribution >= 4 is 0 Å². The summed E-state index contributed by atoms with van der Waals surface area (Å²) in [5, 5.41) is 0. The molecular formula is C13H14N2O2. The molecule has 2 rings (SSSR count). The molecule has 0 fully saturated rings. The molecule has 4 nitrogen and oxygen atoms in total. The number of hydrogen-bond acceptors (Lipinski definition) is 2. The first-order valence-corrected chi connectivity index (χ1v) is 5.62. The fourth-order valence-corrected chi connectivity index (χ4v) is 1.76. The van der Waals surface area contributed by atoms with E-state index in [1.54, 1.807) is 0 Å². The van der Waals surface area contributed by atoms with E-state index in [-0.39, 0.29) is 5.56 Å². The Balaban J connectivity index is 2.40. The lowest BCUT2D eigenvalue weighted by Gasteiger charge is -2.02. The van der Waals surface area contributed by atoms with Gasteiger partial charge in [-0.3, -0.25) is 9.78 Å². The van der Waals surface area contributed by atoms with Gasteiger partial charge in [-0.2, -0.15) is 0 Å². The van der Waals surface area contributed by atoms with Crippen LogP contribution in [-0.2, 0) is 6.42 Å². The molecule has 4 heteroatoms. The molecule has 0 saturated carbocycles. The molecule has 0 aliphatic rings. The lowest BCUT2D eigenvalue weighted by molar-refractivity contribution is 0.922. The van der Waals surface area contributed by atoms with Crippen molar-refractivity contribution in [3.05, 3.63) is 56.9 Å². The van der Waals surface area contributed by atoms with Crippen LogP contribution >= 0.6 is 0 Å². The van der Waals surface area contributed by atoms with Gasteiger partial charge in [-0.05, 0) is 17.5 Å². The number of hydrogen-bond donors (Lipinski definition) is 2. The third-order valence-corrected chi connectivity index (χ3v) is 2.62. The molecular weight excluding hydrogens is 216 g/mol. The minimum absolute atomic E-state index is 0.364. The summed E-state index contributed by atoms with van der Waals surface area (Å²) in [5.74, 6) is 0. The number of nitrogens with one attached hydrogen (secondary N) is 2. The van der Waals surface area contributed by atoms with Crippen LogP contribution in [-0.4, -0.2) is 9.97 Å². The van der Waals surface area contributed by atoms with E-state index in [0.29, 0.717) is 5.56 Å². The Morgan fingerprint density at radius 2 is 1.82 bits per heavy atom. The smallest absolute Gasteiger partial charge is 0.313 e. The van der Waals surface area contributed by atoms with Crippen LogP contribution in [0.2, 0.25) is 0 Å². The van der Waals surface area contributed by atoms with Crippen molar-refractivity contribution in [2.75, 3.05) is 0 Å². The molecule has 0 aliphatic carbocycles. The van der Waals surface area contributed by atoms with Gasteiger partial charge in [0.1, 0.15) is 0 Å². The zero-order valence-corrected chi connectivity index (χ0v) is 9.62. The van der Waals surface area contributed by atoms with Gasteiger partial charge in [0, 0.05) is 6.20 Å². The van der Waals surface area contributed by atoms with Crippen LogP contribution < -0.4 is 11.2 Å². The lowest BCUT2D eigenvalue weighted by atomic mass is 10.0. The SMILES string of the molecule is CCCc1ccc(-c2c[nH]c(=O)[nH]c2=O)cc1. The first-order valence-electron chi connectivity index (χ1n) is 5.62. The zero-order valence-electron chi connectivity index (χ0n) is 9.62. The first kappa shape index (κ1) is 11.4. The Hall–Kier alpha value is -2.10. The molecule has 0 radical (unpaired) electrons. The van der Waals surface area contributed by atoms with Gasteiger partial charge in [-0.25, -0.2) is 4.79 Å². The average Bonchev–Trinajstić information content (AvgIpc) is 2.31. The van der Waals surface area contributed by atoms with Crippen LogP contribution in [0.25, 0.3) is 11.1 Å². The lowest BCUT2D eigenvalue weighted by Crippen LogP contribution is -2.22. The number of aromatic nitrogens is 2. The average molecular weight is 230 g/mol. The van der Waals surface area contributed by atoms with Crippen LogP contribution in [0.1, 0.15) is 18.9 Å². The highest BCUT2D eigenvalue weighted by molar-refractivity contribution is 5.61. The van der Waals surface area contributed by atoms with Crippen LogP contribution in [0.5, 0.6) is 0 Å². The van der Waals surface area contributed by atoms with Crippen molar-refractivity contribution in [1.29, 1.82) is 0 Å². The first-order chi connectivity index (χ1) is 8.20. The van der Waals surface area contributed by atoms with E-state index in [1.807, 2.05) is 24.3 Å². The van der Waals surface area contributed by atoms with E-state index in [2.05, 4.69) is 16.9 Å². The number of aryl methyl sites for hydroxylation is 1. The Labute approximate surface area is 98.3 Å². The van der Waals surface area contributed by atoms with Crippen LogP contribution in [0, 0.1) is 0 Å². The molecule has 0 saturated heterocycles. The maximum Gasteiger partial charge on any atom is 0.325 e. The van der Waals surface area contributed by atoms with Gasteiger partial charge in [0.2, 0.25) is 0 Å². The molecule has 0 unspecified atom stereocenters. The van der Waals surface area contributed by atoms with Crippen LogP contribution in [0.4, 0.5) is 0 Å². The van der Waals surface area contributed by atoms with Gasteiger partial charge in [-0.15, -0.1) is 0 Å². The van der Waals surface area contributed by atoms with Crippen molar-refractivity contribution in [1.82, 2.24) is 9.97 Å². The molecule has 2 N–H and O–H groups in total. The Morgan fingerprint density at radius 1 is 1.12 bits per heavy atom. The van der Waals surface area contributed by atoms with Crippen molar-refractivity contribution in [3.63, 3.8) is 0 Å². The molecule has 0 bridgehead atoms. The molecule has 1 aromatic heterocycles. The second-order valence-corrected chi connectivity index (χ2v) is 3.93. The standard InChI is InChI=1S/C13H14N2O2/c1-2-3-9-4-6-10(7-5-9)11-8-14-13(17)15-12(11)16/h4-8H,2-3H2,1H3,(H2,14,15,16,17). The van der Waals surface area contributed by atoms with Gasteiger partial charge < -0.3 is 4.98 Å². The molecule has 0 spiro atoms. The summed E-state index contributed by atoms with van der Waals surface area (Å²) in [6, 6.07) is 7.80. The van der Waals surface area contributed by atoms with E-state index in [9.17, 15) is 9.59 Å². The van der Waals surface area contributed by atoms with Crippen molar-refractivity contribution in [2.24, 2.45) is 0 Å². The van der Waals surface area contributed by atoms with Gasteiger partial charge in [-0.1, -0.05) is 37.6 Å². The third-order valence-electron chi connectivity index (χ3n) is 2.62. The van der Waals surface area contributed by atoms with E-state index < -0.39 is 5.69 Å². The molecule has 88 valence electrons. The third kappa shape index (κ3) is 2.53. The van der Waals surface area contributed by atoms with Crippen molar-refractivity contribution < 1.29 is 0 Å². The number of H-pyrrole nitrogens is 2. The highest BCUT2D eigenvalue weighted by Gasteiger charge is 2.03. The second kappa shape index (κ2) is 4.82. The monoisotopic (exact) mass is 230 g/mol. The highest BCUT2D eigenvalue weighted by Crippen LogP contribution is 2.15. The number of aromatic amines is 2. The van der Waals surface area contributed by atoms with Gasteiger partial charge in [0.05, 0.1) is 5.56 Å². The summed E-state index contributed by atoms with van der Waals surface area (Å²) in [6.07, 6.45) is 3.57. The maximum absolute atomic E-state index is 11.6. The van der Waals surface area contributed by atoms with Crippen LogP contribution in [0.3, 0.4) is 0 Å². The number of benzene rings is 1. The minimum atomic E-state index is -0.485. The summed E-state index contributed by atoms with van der Waals surface area (Å²) in [5.41, 5.74) is 1.69. The molecule has 1 aromatic carbocycles. The van der Waals surface area contributed by atoms with Gasteiger partial charge >= 0.3 is 5.69 Å². The number of rotatable bonds is 3. The summed E-state index contributed by atoms with van der Waals surface area (Å²) in [7, 11) is 0. The predicted octanol–water partition coefficient (Wildman–Crippen LogP) is 1.68. The summed E-state index contributed by atoms with van der Waals surface area (Å²) in [4.78, 5) is 27.2. The van der Waals surface area contributed by atoms with Gasteiger partial charge in [0.25, 0.3) is 5.56 Å². The van der Waals surface area contributed by atoms with E-state index in [4.69, 9.17) is 0 Å². The summed E-state index contributed by atoms with van der Waals surface area (Å²) < 4.78 is 0. The summed E-state index contributed by atoms with van der Waals surface area (Å²) in [6.45, 7) is 2.13. The normalized spacial score (nSPS) is 10.4. The van der Waals surface area contributed by atoms with E-state index in [1.165, 1.54) is 11.8 Å². The fourth-order valence-electron chi connectivity index (χ4n) is 1.76. The predicted molar refractivity (Wildman–Crippen MR) is 67.1 cm³/mol. The quantitative estimate of drug-likeness (QED) is 0.842. The molecule has 2 aromatic rings. The highest BCUT2D eigenvalue weighted by atomic mass is 16.2. The van der Waals surface area contributed by atoms with Gasteiger partial charge in [0.15, 0.2) is 0 Å². The van der Waals surface area contributed by atoms with E-state index in [0.717, 1.165) is 18.4 Å². The topological polar surface area (TPSA) is 65.7 Å². The second-order valence-electron chi connectivity index (χ2n) is 3.93. The molecule has 0 amide bonds. The minimum Gasteiger partial charge on any atom is -0.313 e. The largest absolute Gasteiger partial charge is 0.325 e. The Kier molecular flexibility index (Phi) is 3.23. The Morgan fingerprint density at radius 3 is 2.41 bits per heavy atom. The summed E-state index contributed by atoms with van der Waals surface area (Å²) >= 11 is 0. The molecule has 17 heavy (non-hydrogen) atoms. The molecule has 0 aliphatic heterocycles.